The van der Waals surface area contributed by atoms with Crippen molar-refractivity contribution in [1.82, 2.24) is 0 Å². The molecule has 0 unspecified atom stereocenters. The Morgan fingerprint density at radius 1 is 1.35 bits per heavy atom. The quantitative estimate of drug-likeness (QED) is 0.361. The van der Waals surface area contributed by atoms with Crippen molar-refractivity contribution in [1.29, 1.82) is 0 Å². The van der Waals surface area contributed by atoms with Crippen LogP contribution in [0.2, 0.25) is 0 Å². The van der Waals surface area contributed by atoms with Gasteiger partial charge in [0.15, 0.2) is 6.10 Å². The summed E-state index contributed by atoms with van der Waals surface area (Å²) in [4.78, 5) is 24.4. The Bertz CT molecular complexity index is 742. The maximum Gasteiger partial charge on any atom is 0.337 e. The zero-order valence-corrected chi connectivity index (χ0v) is 19.2. The van der Waals surface area contributed by atoms with Gasteiger partial charge in [-0.05, 0) is 55.8 Å². The monoisotopic (exact) mass is 434 g/mol. The van der Waals surface area contributed by atoms with Crippen LogP contribution < -0.4 is 0 Å². The van der Waals surface area contributed by atoms with Gasteiger partial charge in [-0.3, -0.25) is 4.79 Å². The number of ether oxygens (including phenoxy) is 2. The average molecular weight is 435 g/mol. The molecule has 3 aliphatic rings. The maximum atomic E-state index is 12.3. The predicted molar refractivity (Wildman–Crippen MR) is 117 cm³/mol. The summed E-state index contributed by atoms with van der Waals surface area (Å²) in [6.07, 6.45) is 6.56. The first-order chi connectivity index (χ1) is 14.7. The molecule has 6 nitrogen and oxygen atoms in total. The van der Waals surface area contributed by atoms with Crippen molar-refractivity contribution in [3.05, 3.63) is 23.8 Å². The van der Waals surface area contributed by atoms with Crippen molar-refractivity contribution in [2.24, 2.45) is 22.7 Å². The maximum absolute atomic E-state index is 12.3. The van der Waals surface area contributed by atoms with Crippen LogP contribution in [0, 0.1) is 22.7 Å². The Morgan fingerprint density at radius 2 is 2.10 bits per heavy atom. The van der Waals surface area contributed by atoms with E-state index >= 15 is 0 Å². The molecule has 0 aromatic heterocycles. The van der Waals surface area contributed by atoms with Crippen LogP contribution in [-0.4, -0.2) is 47.6 Å². The van der Waals surface area contributed by atoms with Crippen molar-refractivity contribution in [3.8, 4) is 0 Å². The molecule has 3 fully saturated rings. The number of hydrogen-bond acceptors (Lipinski definition) is 6. The molecule has 31 heavy (non-hydrogen) atoms. The molecule has 2 saturated carbocycles. The number of rotatable bonds is 7. The molecular weight excluding hydrogens is 396 g/mol. The number of hydrogen-bond donors (Lipinski definition) is 2. The van der Waals surface area contributed by atoms with Gasteiger partial charge in [0.05, 0.1) is 18.3 Å². The average Bonchev–Trinajstić information content (AvgIpc) is 3.08. The van der Waals surface area contributed by atoms with Crippen LogP contribution >= 0.6 is 0 Å². The Morgan fingerprint density at radius 3 is 2.77 bits per heavy atom. The second-order valence-corrected chi connectivity index (χ2v) is 10.1. The molecule has 3 rings (SSSR count). The predicted octanol–water partition coefficient (Wildman–Crippen LogP) is 3.70. The standard InChI is InChI=1S/C25H38O6/c1-5-6-7-22(28)31-19-14-30-23(29)17(19)9-10-18-16(2)8-11-20-24(18,3)13-12-21(27)25(20,4)15-26/h9,18-21,26-27H,2,5-8,10-15H2,1,3-4H3/b17-9+/t18-,19-,20+,21-,24+,25+/m1/s1. The summed E-state index contributed by atoms with van der Waals surface area (Å²) >= 11 is 0. The van der Waals surface area contributed by atoms with E-state index in [-0.39, 0.29) is 36.4 Å². The third-order valence-electron chi connectivity index (χ3n) is 8.22. The number of unbranched alkanes of at least 4 members (excludes halogenated alkanes) is 1. The molecule has 2 N–H and O–H groups in total. The van der Waals surface area contributed by atoms with Crippen LogP contribution in [0.4, 0.5) is 0 Å². The number of aliphatic hydroxyl groups excluding tert-OH is 2. The normalized spacial score (nSPS) is 39.3. The van der Waals surface area contributed by atoms with E-state index in [4.69, 9.17) is 9.47 Å². The van der Waals surface area contributed by atoms with Crippen LogP contribution in [0.15, 0.2) is 23.8 Å². The zero-order chi connectivity index (χ0) is 22.8. The van der Waals surface area contributed by atoms with E-state index in [1.807, 2.05) is 19.9 Å². The molecule has 0 aromatic rings. The van der Waals surface area contributed by atoms with E-state index in [1.165, 1.54) is 0 Å². The molecule has 1 heterocycles. The van der Waals surface area contributed by atoms with Gasteiger partial charge in [0, 0.05) is 11.8 Å². The number of carbonyl (C=O) groups is 2. The van der Waals surface area contributed by atoms with E-state index in [2.05, 4.69) is 13.5 Å². The molecule has 0 bridgehead atoms. The van der Waals surface area contributed by atoms with Crippen molar-refractivity contribution in [2.45, 2.75) is 84.3 Å². The Labute approximate surface area is 185 Å². The van der Waals surface area contributed by atoms with Crippen LogP contribution in [-0.2, 0) is 19.1 Å². The molecule has 0 spiro atoms. The van der Waals surface area contributed by atoms with Gasteiger partial charge in [0.25, 0.3) is 0 Å². The van der Waals surface area contributed by atoms with Gasteiger partial charge in [0.1, 0.15) is 6.61 Å². The topological polar surface area (TPSA) is 93.1 Å². The Balaban J connectivity index is 1.79. The van der Waals surface area contributed by atoms with Crippen molar-refractivity contribution in [2.75, 3.05) is 13.2 Å². The number of fused-ring (bicyclic) bond motifs is 1. The number of carbonyl (C=O) groups excluding carboxylic acids is 2. The van der Waals surface area contributed by atoms with Crippen LogP contribution in [0.3, 0.4) is 0 Å². The lowest BCUT2D eigenvalue weighted by molar-refractivity contribution is -0.151. The van der Waals surface area contributed by atoms with E-state index in [1.54, 1.807) is 0 Å². The summed E-state index contributed by atoms with van der Waals surface area (Å²) < 4.78 is 10.7. The molecule has 0 radical (unpaired) electrons. The van der Waals surface area contributed by atoms with Crippen LogP contribution in [0.1, 0.15) is 72.1 Å². The molecule has 174 valence electrons. The van der Waals surface area contributed by atoms with E-state index in [9.17, 15) is 19.8 Å². The number of aliphatic hydroxyl groups is 2. The summed E-state index contributed by atoms with van der Waals surface area (Å²) in [5.41, 5.74) is 0.904. The summed E-state index contributed by atoms with van der Waals surface area (Å²) in [5, 5.41) is 20.8. The van der Waals surface area contributed by atoms with Crippen LogP contribution in [0.5, 0.6) is 0 Å². The minimum absolute atomic E-state index is 0.0448. The van der Waals surface area contributed by atoms with Crippen molar-refractivity contribution >= 4 is 11.9 Å². The first-order valence-corrected chi connectivity index (χ1v) is 11.7. The molecule has 2 aliphatic carbocycles. The van der Waals surface area contributed by atoms with Crippen molar-refractivity contribution in [3.63, 3.8) is 0 Å². The lowest BCUT2D eigenvalue weighted by Gasteiger charge is -2.59. The number of cyclic esters (lactones) is 1. The largest absolute Gasteiger partial charge is 0.458 e. The van der Waals surface area contributed by atoms with Gasteiger partial charge in [-0.25, -0.2) is 4.79 Å². The fraction of sp³-hybridized carbons (Fsp3) is 0.760. The van der Waals surface area contributed by atoms with E-state index in [0.717, 1.165) is 37.7 Å². The summed E-state index contributed by atoms with van der Waals surface area (Å²) in [6, 6.07) is 0. The highest BCUT2D eigenvalue weighted by atomic mass is 16.6. The highest BCUT2D eigenvalue weighted by Crippen LogP contribution is 2.61. The minimum Gasteiger partial charge on any atom is -0.458 e. The van der Waals surface area contributed by atoms with Gasteiger partial charge in [-0.2, -0.15) is 0 Å². The van der Waals surface area contributed by atoms with Crippen LogP contribution in [0.25, 0.3) is 0 Å². The lowest BCUT2D eigenvalue weighted by atomic mass is 9.46. The molecule has 6 heteroatoms. The minimum atomic E-state index is -0.645. The van der Waals surface area contributed by atoms with Gasteiger partial charge in [-0.15, -0.1) is 0 Å². The summed E-state index contributed by atoms with van der Waals surface area (Å²) in [6.45, 7) is 10.6. The fourth-order valence-corrected chi connectivity index (χ4v) is 6.19. The summed E-state index contributed by atoms with van der Waals surface area (Å²) in [7, 11) is 0. The first kappa shape index (κ1) is 24.0. The number of esters is 2. The van der Waals surface area contributed by atoms with E-state index in [0.29, 0.717) is 24.8 Å². The second kappa shape index (κ2) is 9.45. The number of allylic oxidation sites excluding steroid dienone is 2. The second-order valence-electron chi connectivity index (χ2n) is 10.1. The lowest BCUT2D eigenvalue weighted by Crippen LogP contribution is -2.57. The third kappa shape index (κ3) is 4.47. The smallest absolute Gasteiger partial charge is 0.337 e. The van der Waals surface area contributed by atoms with Crippen molar-refractivity contribution < 1.29 is 29.3 Å². The SMILES string of the molecule is C=C1CC[C@@H]2[C@](C)(CO)[C@H](O)CC[C@@]2(C)[C@@H]1C/C=C1/C(=O)OC[C@H]1OC(=O)CCCC. The molecule has 1 aliphatic heterocycles. The van der Waals surface area contributed by atoms with Gasteiger partial charge in [-0.1, -0.05) is 45.4 Å². The Hall–Kier alpha value is -1.66. The first-order valence-electron chi connectivity index (χ1n) is 11.7. The Kier molecular flexibility index (Phi) is 7.32. The highest BCUT2D eigenvalue weighted by molar-refractivity contribution is 5.92. The molecular formula is C25H38O6. The zero-order valence-electron chi connectivity index (χ0n) is 19.2. The third-order valence-corrected chi connectivity index (χ3v) is 8.22. The molecule has 6 atom stereocenters. The van der Waals surface area contributed by atoms with Gasteiger partial charge < -0.3 is 19.7 Å². The molecule has 0 amide bonds. The molecule has 0 aromatic carbocycles. The van der Waals surface area contributed by atoms with Gasteiger partial charge >= 0.3 is 11.9 Å². The molecule has 1 saturated heterocycles. The fourth-order valence-electron chi connectivity index (χ4n) is 6.19. The highest BCUT2D eigenvalue weighted by Gasteiger charge is 2.57. The van der Waals surface area contributed by atoms with Gasteiger partial charge in [0.2, 0.25) is 0 Å². The summed E-state index contributed by atoms with van der Waals surface area (Å²) in [5.74, 6) is -0.427. The van der Waals surface area contributed by atoms with E-state index < -0.39 is 23.6 Å².